The van der Waals surface area contributed by atoms with Crippen LogP contribution in [0.15, 0.2) is 30.3 Å². The van der Waals surface area contributed by atoms with Crippen LogP contribution in [0.3, 0.4) is 0 Å². The van der Waals surface area contributed by atoms with Gasteiger partial charge < -0.3 is 4.74 Å². The second kappa shape index (κ2) is 5.12. The van der Waals surface area contributed by atoms with Gasteiger partial charge in [0.25, 0.3) is 0 Å². The zero-order valence-electron chi connectivity index (χ0n) is 12.3. The average Bonchev–Trinajstić information content (AvgIpc) is 2.70. The highest BCUT2D eigenvalue weighted by molar-refractivity contribution is 5.72. The highest BCUT2D eigenvalue weighted by atomic mass is 16.6. The van der Waals surface area contributed by atoms with E-state index in [-0.39, 0.29) is 12.1 Å². The van der Waals surface area contributed by atoms with Crippen LogP contribution < -0.4 is 0 Å². The van der Waals surface area contributed by atoms with Crippen LogP contribution in [0.2, 0.25) is 0 Å². The zero-order valence-corrected chi connectivity index (χ0v) is 12.3. The van der Waals surface area contributed by atoms with E-state index in [4.69, 9.17) is 4.74 Å². The molecule has 1 aliphatic carbocycles. The minimum absolute atomic E-state index is 0.0271. The highest BCUT2D eigenvalue weighted by Gasteiger charge is 2.50. The van der Waals surface area contributed by atoms with Gasteiger partial charge in [0, 0.05) is 6.04 Å². The Balaban J connectivity index is 1.95. The Bertz CT molecular complexity index is 477. The van der Waals surface area contributed by atoms with Crippen molar-refractivity contribution in [2.75, 3.05) is 0 Å². The molecule has 0 N–H and O–H groups in total. The van der Waals surface area contributed by atoms with Gasteiger partial charge in [-0.15, -0.1) is 0 Å². The molecule has 1 aromatic carbocycles. The molecular formula is C17H23NO2. The lowest BCUT2D eigenvalue weighted by Crippen LogP contribution is -2.41. The van der Waals surface area contributed by atoms with Gasteiger partial charge in [-0.3, -0.25) is 4.90 Å². The van der Waals surface area contributed by atoms with Crippen molar-refractivity contribution >= 4 is 6.09 Å². The number of rotatable bonds is 2. The molecule has 108 valence electrons. The van der Waals surface area contributed by atoms with Crippen molar-refractivity contribution in [3.63, 3.8) is 0 Å². The highest BCUT2D eigenvalue weighted by Crippen LogP contribution is 2.44. The maximum absolute atomic E-state index is 12.4. The van der Waals surface area contributed by atoms with E-state index in [9.17, 15) is 4.79 Å². The van der Waals surface area contributed by atoms with Crippen molar-refractivity contribution < 1.29 is 9.53 Å². The summed E-state index contributed by atoms with van der Waals surface area (Å²) in [6.45, 7) is 4.04. The Morgan fingerprint density at radius 2 is 1.75 bits per heavy atom. The molecule has 1 aliphatic heterocycles. The van der Waals surface area contributed by atoms with E-state index in [2.05, 4.69) is 12.1 Å². The molecule has 1 atom stereocenters. The van der Waals surface area contributed by atoms with Crippen LogP contribution in [0.5, 0.6) is 0 Å². The van der Waals surface area contributed by atoms with Crippen LogP contribution in [0.4, 0.5) is 4.79 Å². The maximum Gasteiger partial charge on any atom is 0.411 e. The number of hydrogen-bond donors (Lipinski definition) is 0. The molecule has 3 heteroatoms. The minimum Gasteiger partial charge on any atom is -0.441 e. The molecule has 1 amide bonds. The molecule has 1 aromatic rings. The van der Waals surface area contributed by atoms with Gasteiger partial charge >= 0.3 is 6.09 Å². The van der Waals surface area contributed by atoms with Gasteiger partial charge in [0.1, 0.15) is 5.60 Å². The summed E-state index contributed by atoms with van der Waals surface area (Å²) in [6, 6.07) is 10.6. The summed E-state index contributed by atoms with van der Waals surface area (Å²) in [5.41, 5.74) is 0.713. The number of cyclic esters (lactones) is 1. The fraction of sp³-hybridized carbons (Fsp3) is 0.588. The summed E-state index contributed by atoms with van der Waals surface area (Å²) in [5.74, 6) is 0. The Labute approximate surface area is 120 Å². The fourth-order valence-corrected chi connectivity index (χ4v) is 3.69. The predicted octanol–water partition coefficient (Wildman–Crippen LogP) is 4.29. The van der Waals surface area contributed by atoms with E-state index < -0.39 is 5.60 Å². The molecule has 0 bridgehead atoms. The second-order valence-electron chi connectivity index (χ2n) is 6.48. The van der Waals surface area contributed by atoms with Crippen molar-refractivity contribution in [3.05, 3.63) is 35.9 Å². The Morgan fingerprint density at radius 1 is 1.10 bits per heavy atom. The molecule has 1 unspecified atom stereocenters. The molecule has 20 heavy (non-hydrogen) atoms. The van der Waals surface area contributed by atoms with E-state index in [0.717, 1.165) is 12.8 Å². The van der Waals surface area contributed by atoms with E-state index in [1.165, 1.54) is 24.8 Å². The molecule has 0 radical (unpaired) electrons. The third kappa shape index (κ3) is 2.30. The van der Waals surface area contributed by atoms with E-state index in [1.54, 1.807) is 0 Å². The molecule has 1 heterocycles. The summed E-state index contributed by atoms with van der Waals surface area (Å²) in [5, 5.41) is 0. The number of carbonyl (C=O) groups is 1. The Kier molecular flexibility index (Phi) is 3.45. The third-order valence-corrected chi connectivity index (χ3v) is 4.58. The molecule has 1 saturated carbocycles. The number of hydrogen-bond acceptors (Lipinski definition) is 2. The first-order valence-electron chi connectivity index (χ1n) is 7.66. The quantitative estimate of drug-likeness (QED) is 0.804. The summed E-state index contributed by atoms with van der Waals surface area (Å²) in [4.78, 5) is 14.4. The molecule has 0 spiro atoms. The fourth-order valence-electron chi connectivity index (χ4n) is 3.69. The van der Waals surface area contributed by atoms with Gasteiger partial charge in [-0.2, -0.15) is 0 Å². The summed E-state index contributed by atoms with van der Waals surface area (Å²) >= 11 is 0. The monoisotopic (exact) mass is 273 g/mol. The molecule has 2 aliphatic rings. The van der Waals surface area contributed by atoms with Crippen molar-refractivity contribution in [1.82, 2.24) is 4.90 Å². The lowest BCUT2D eigenvalue weighted by Gasteiger charge is -2.36. The largest absolute Gasteiger partial charge is 0.441 e. The lowest BCUT2D eigenvalue weighted by atomic mass is 9.87. The Hall–Kier alpha value is -1.51. The van der Waals surface area contributed by atoms with Crippen LogP contribution in [-0.2, 0) is 4.74 Å². The van der Waals surface area contributed by atoms with Gasteiger partial charge in [-0.1, -0.05) is 49.6 Å². The molecule has 3 nitrogen and oxygen atoms in total. The molecule has 1 saturated heterocycles. The van der Waals surface area contributed by atoms with Gasteiger partial charge in [-0.25, -0.2) is 4.79 Å². The molecule has 3 rings (SSSR count). The van der Waals surface area contributed by atoms with Gasteiger partial charge in [0.15, 0.2) is 0 Å². The molecular weight excluding hydrogens is 250 g/mol. The number of carbonyl (C=O) groups excluding carboxylic acids is 1. The van der Waals surface area contributed by atoms with Crippen molar-refractivity contribution in [2.45, 2.75) is 63.6 Å². The van der Waals surface area contributed by atoms with Gasteiger partial charge in [0.05, 0.1) is 6.04 Å². The predicted molar refractivity (Wildman–Crippen MR) is 78.5 cm³/mol. The second-order valence-corrected chi connectivity index (χ2v) is 6.48. The average molecular weight is 273 g/mol. The SMILES string of the molecule is CC1(C)OC(=O)N(C2CCCCC2)C1c1ccccc1. The van der Waals surface area contributed by atoms with Crippen LogP contribution in [0, 0.1) is 0 Å². The van der Waals surface area contributed by atoms with Crippen LogP contribution >= 0.6 is 0 Å². The maximum atomic E-state index is 12.4. The van der Waals surface area contributed by atoms with Crippen molar-refractivity contribution in [3.8, 4) is 0 Å². The van der Waals surface area contributed by atoms with Crippen molar-refractivity contribution in [2.24, 2.45) is 0 Å². The van der Waals surface area contributed by atoms with Crippen molar-refractivity contribution in [1.29, 1.82) is 0 Å². The summed E-state index contributed by atoms with van der Waals surface area (Å²) < 4.78 is 5.67. The Morgan fingerprint density at radius 3 is 2.40 bits per heavy atom. The first-order valence-corrected chi connectivity index (χ1v) is 7.66. The zero-order chi connectivity index (χ0) is 14.2. The summed E-state index contributed by atoms with van der Waals surface area (Å²) in [7, 11) is 0. The number of nitrogens with zero attached hydrogens (tertiary/aromatic N) is 1. The van der Waals surface area contributed by atoms with Crippen LogP contribution in [0.1, 0.15) is 57.6 Å². The number of amides is 1. The van der Waals surface area contributed by atoms with E-state index >= 15 is 0 Å². The topological polar surface area (TPSA) is 29.5 Å². The number of ether oxygens (including phenoxy) is 1. The third-order valence-electron chi connectivity index (χ3n) is 4.58. The van der Waals surface area contributed by atoms with E-state index in [1.807, 2.05) is 36.9 Å². The van der Waals surface area contributed by atoms with E-state index in [0.29, 0.717) is 6.04 Å². The molecule has 0 aromatic heterocycles. The number of benzene rings is 1. The molecule has 2 fully saturated rings. The normalized spacial score (nSPS) is 26.6. The first kappa shape index (κ1) is 13.5. The standard InChI is InChI=1S/C17H23NO2/c1-17(2)15(13-9-5-3-6-10-13)18(16(19)20-17)14-11-7-4-8-12-14/h3,5-6,9-10,14-15H,4,7-8,11-12H2,1-2H3. The van der Waals surface area contributed by atoms with Crippen LogP contribution in [0.25, 0.3) is 0 Å². The van der Waals surface area contributed by atoms with Gasteiger partial charge in [-0.05, 0) is 32.3 Å². The van der Waals surface area contributed by atoms with Crippen LogP contribution in [-0.4, -0.2) is 22.6 Å². The smallest absolute Gasteiger partial charge is 0.411 e. The lowest BCUT2D eigenvalue weighted by molar-refractivity contribution is 0.0665. The minimum atomic E-state index is -0.462. The van der Waals surface area contributed by atoms with Gasteiger partial charge in [0.2, 0.25) is 0 Å². The summed E-state index contributed by atoms with van der Waals surface area (Å²) in [6.07, 6.45) is 5.80. The first-order chi connectivity index (χ1) is 9.59.